The van der Waals surface area contributed by atoms with Gasteiger partial charge in [0.25, 0.3) is 0 Å². The van der Waals surface area contributed by atoms with E-state index in [0.717, 1.165) is 38.4 Å². The molecule has 0 bridgehead atoms. The maximum absolute atomic E-state index is 9.96. The highest BCUT2D eigenvalue weighted by atomic mass is 127. The molecule has 29 heavy (non-hydrogen) atoms. The van der Waals surface area contributed by atoms with Gasteiger partial charge in [-0.05, 0) is 44.7 Å². The summed E-state index contributed by atoms with van der Waals surface area (Å²) in [4.78, 5) is 7.22. The summed E-state index contributed by atoms with van der Waals surface area (Å²) < 4.78 is 11.6. The van der Waals surface area contributed by atoms with Crippen molar-refractivity contribution in [3.8, 4) is 0 Å². The van der Waals surface area contributed by atoms with E-state index in [1.54, 1.807) is 0 Å². The quantitative estimate of drug-likeness (QED) is 0.357. The molecule has 0 amide bonds. The first-order valence-corrected chi connectivity index (χ1v) is 10.5. The van der Waals surface area contributed by atoms with Crippen molar-refractivity contribution in [2.45, 2.75) is 39.7 Å². The van der Waals surface area contributed by atoms with Crippen molar-refractivity contribution in [1.29, 1.82) is 0 Å². The molecular formula is C22H36IN3O3. The fourth-order valence-corrected chi connectivity index (χ4v) is 4.06. The monoisotopic (exact) mass is 517 g/mol. The van der Waals surface area contributed by atoms with Gasteiger partial charge in [0, 0.05) is 31.7 Å². The molecule has 0 radical (unpaired) electrons. The van der Waals surface area contributed by atoms with Crippen LogP contribution in [-0.4, -0.2) is 68.6 Å². The van der Waals surface area contributed by atoms with Gasteiger partial charge < -0.3 is 24.8 Å². The lowest BCUT2D eigenvalue weighted by molar-refractivity contribution is -0.0132. The highest BCUT2D eigenvalue weighted by Crippen LogP contribution is 2.31. The Morgan fingerprint density at radius 1 is 1.28 bits per heavy atom. The summed E-state index contributed by atoms with van der Waals surface area (Å²) in [7, 11) is 0. The molecular weight excluding hydrogens is 481 g/mol. The molecule has 1 aromatic carbocycles. The van der Waals surface area contributed by atoms with E-state index < -0.39 is 0 Å². The zero-order valence-corrected chi connectivity index (χ0v) is 20.3. The SMILES string of the molecule is CCNC(=NCC1(CO)CCOCC1)N1CCOC(c2ccc(C)cc2C)C1.I. The second-order valence-corrected chi connectivity index (χ2v) is 8.11. The van der Waals surface area contributed by atoms with Gasteiger partial charge in [0.2, 0.25) is 0 Å². The Labute approximate surface area is 192 Å². The lowest BCUT2D eigenvalue weighted by Crippen LogP contribution is -2.49. The standard InChI is InChI=1S/C22H35N3O3.HI/c1-4-23-21(24-15-22(16-26)7-10-27-11-8-22)25-9-12-28-20(14-25)19-6-5-17(2)13-18(19)3;/h5-6,13,20,26H,4,7-12,14-16H2,1-3H3,(H,23,24);1H. The van der Waals surface area contributed by atoms with Crippen molar-refractivity contribution < 1.29 is 14.6 Å². The Morgan fingerprint density at radius 3 is 2.69 bits per heavy atom. The third-order valence-corrected chi connectivity index (χ3v) is 5.93. The number of aryl methyl sites for hydroxylation is 2. The number of hydrogen-bond donors (Lipinski definition) is 2. The van der Waals surface area contributed by atoms with Gasteiger partial charge in [-0.1, -0.05) is 23.8 Å². The molecule has 2 fully saturated rings. The number of aliphatic hydroxyl groups excluding tert-OH is 1. The molecule has 2 aliphatic heterocycles. The highest BCUT2D eigenvalue weighted by molar-refractivity contribution is 14.0. The number of guanidine groups is 1. The van der Waals surface area contributed by atoms with Crippen molar-refractivity contribution in [3.63, 3.8) is 0 Å². The number of halogens is 1. The Balaban J connectivity index is 0.00000300. The summed E-state index contributed by atoms with van der Waals surface area (Å²) in [6.45, 7) is 11.7. The van der Waals surface area contributed by atoms with Crippen LogP contribution < -0.4 is 5.32 Å². The van der Waals surface area contributed by atoms with E-state index in [1.807, 2.05) is 0 Å². The third-order valence-electron chi connectivity index (χ3n) is 5.93. The van der Waals surface area contributed by atoms with Crippen LogP contribution in [0.15, 0.2) is 23.2 Å². The van der Waals surface area contributed by atoms with E-state index in [-0.39, 0.29) is 42.1 Å². The minimum Gasteiger partial charge on any atom is -0.396 e. The van der Waals surface area contributed by atoms with E-state index in [0.29, 0.717) is 26.4 Å². The Kier molecular flexibility index (Phi) is 9.65. The van der Waals surface area contributed by atoms with Gasteiger partial charge in [-0.3, -0.25) is 4.99 Å². The molecule has 1 aromatic rings. The smallest absolute Gasteiger partial charge is 0.194 e. The lowest BCUT2D eigenvalue weighted by Gasteiger charge is -2.37. The van der Waals surface area contributed by atoms with E-state index in [9.17, 15) is 5.11 Å². The van der Waals surface area contributed by atoms with Gasteiger partial charge in [-0.15, -0.1) is 24.0 Å². The molecule has 0 aliphatic carbocycles. The average molecular weight is 517 g/mol. The first kappa shape index (κ1) is 24.4. The van der Waals surface area contributed by atoms with Crippen molar-refractivity contribution in [2.75, 3.05) is 52.6 Å². The van der Waals surface area contributed by atoms with Crippen LogP contribution in [-0.2, 0) is 9.47 Å². The Morgan fingerprint density at radius 2 is 2.03 bits per heavy atom. The Bertz CT molecular complexity index is 677. The van der Waals surface area contributed by atoms with E-state index in [4.69, 9.17) is 14.5 Å². The first-order valence-electron chi connectivity index (χ1n) is 10.5. The molecule has 7 heteroatoms. The number of aliphatic hydroxyl groups is 1. The van der Waals surface area contributed by atoms with Crippen molar-refractivity contribution >= 4 is 29.9 Å². The fraction of sp³-hybridized carbons (Fsp3) is 0.682. The summed E-state index contributed by atoms with van der Waals surface area (Å²) in [5.41, 5.74) is 3.64. The number of benzene rings is 1. The number of nitrogens with zero attached hydrogens (tertiary/aromatic N) is 2. The zero-order valence-electron chi connectivity index (χ0n) is 17.9. The first-order chi connectivity index (χ1) is 13.6. The second kappa shape index (κ2) is 11.5. The van der Waals surface area contributed by atoms with E-state index in [2.05, 4.69) is 49.2 Å². The van der Waals surface area contributed by atoms with Gasteiger partial charge >= 0.3 is 0 Å². The van der Waals surface area contributed by atoms with Crippen molar-refractivity contribution in [2.24, 2.45) is 10.4 Å². The summed E-state index contributed by atoms with van der Waals surface area (Å²) >= 11 is 0. The molecule has 2 heterocycles. The maximum atomic E-state index is 9.96. The highest BCUT2D eigenvalue weighted by Gasteiger charge is 2.32. The Hall–Kier alpha value is -0.900. The van der Waals surface area contributed by atoms with Gasteiger partial charge in [0.05, 0.1) is 26.3 Å². The largest absolute Gasteiger partial charge is 0.396 e. The predicted octanol–water partition coefficient (Wildman–Crippen LogP) is 3.05. The second-order valence-electron chi connectivity index (χ2n) is 8.11. The number of nitrogens with one attached hydrogen (secondary N) is 1. The predicted molar refractivity (Wildman–Crippen MR) is 127 cm³/mol. The molecule has 164 valence electrons. The van der Waals surface area contributed by atoms with Crippen molar-refractivity contribution in [3.05, 3.63) is 34.9 Å². The normalized spacial score (nSPS) is 22.1. The van der Waals surface area contributed by atoms with Crippen LogP contribution in [0.1, 0.15) is 42.6 Å². The number of ether oxygens (including phenoxy) is 2. The third kappa shape index (κ3) is 6.29. The van der Waals surface area contributed by atoms with Crippen LogP contribution in [0.25, 0.3) is 0 Å². The number of aliphatic imine (C=N–C) groups is 1. The van der Waals surface area contributed by atoms with E-state index >= 15 is 0 Å². The van der Waals surface area contributed by atoms with Gasteiger partial charge in [-0.25, -0.2) is 0 Å². The fourth-order valence-electron chi connectivity index (χ4n) is 4.06. The van der Waals surface area contributed by atoms with Gasteiger partial charge in [-0.2, -0.15) is 0 Å². The molecule has 3 rings (SSSR count). The minimum atomic E-state index is -0.155. The summed E-state index contributed by atoms with van der Waals surface area (Å²) in [6, 6.07) is 6.55. The number of morpholine rings is 1. The van der Waals surface area contributed by atoms with Crippen LogP contribution in [0.5, 0.6) is 0 Å². The molecule has 2 aliphatic rings. The van der Waals surface area contributed by atoms with Crippen LogP contribution in [0.2, 0.25) is 0 Å². The van der Waals surface area contributed by atoms with Crippen LogP contribution in [0.3, 0.4) is 0 Å². The van der Waals surface area contributed by atoms with E-state index in [1.165, 1.54) is 16.7 Å². The summed E-state index contributed by atoms with van der Waals surface area (Å²) in [5.74, 6) is 0.917. The lowest BCUT2D eigenvalue weighted by atomic mass is 9.81. The number of rotatable bonds is 5. The molecule has 1 atom stereocenters. The van der Waals surface area contributed by atoms with Crippen LogP contribution >= 0.6 is 24.0 Å². The molecule has 0 spiro atoms. The van der Waals surface area contributed by atoms with Crippen LogP contribution in [0.4, 0.5) is 0 Å². The zero-order chi connectivity index (χ0) is 20.0. The molecule has 2 N–H and O–H groups in total. The number of hydrogen-bond acceptors (Lipinski definition) is 4. The molecule has 1 unspecified atom stereocenters. The molecule has 6 nitrogen and oxygen atoms in total. The molecule has 0 aromatic heterocycles. The molecule has 2 saturated heterocycles. The van der Waals surface area contributed by atoms with Gasteiger partial charge in [0.15, 0.2) is 5.96 Å². The summed E-state index contributed by atoms with van der Waals surface area (Å²) in [5, 5.41) is 13.4. The van der Waals surface area contributed by atoms with Gasteiger partial charge in [0.1, 0.15) is 6.10 Å². The van der Waals surface area contributed by atoms with Crippen molar-refractivity contribution in [1.82, 2.24) is 10.2 Å². The van der Waals surface area contributed by atoms with Crippen LogP contribution in [0, 0.1) is 19.3 Å². The maximum Gasteiger partial charge on any atom is 0.194 e. The summed E-state index contributed by atoms with van der Waals surface area (Å²) in [6.07, 6.45) is 1.77. The average Bonchev–Trinajstić information content (AvgIpc) is 2.72. The molecule has 0 saturated carbocycles. The topological polar surface area (TPSA) is 66.3 Å². The minimum absolute atomic E-state index is 0.